The molecule has 3 heterocycles. The Morgan fingerprint density at radius 2 is 1.92 bits per heavy atom. The fraction of sp³-hybridized carbons (Fsp3) is 0.500. The molecule has 4 rings (SSSR count). The molecule has 2 aliphatic heterocycles. The van der Waals surface area contributed by atoms with Crippen LogP contribution in [0.4, 0.5) is 0 Å². The summed E-state index contributed by atoms with van der Waals surface area (Å²) in [5.41, 5.74) is 0.755. The molecule has 1 fully saturated rings. The summed E-state index contributed by atoms with van der Waals surface area (Å²) in [5, 5.41) is 8.88. The van der Waals surface area contributed by atoms with Crippen LogP contribution < -0.4 is 0 Å². The van der Waals surface area contributed by atoms with Crippen molar-refractivity contribution in [3.63, 3.8) is 0 Å². The second-order valence-electron chi connectivity index (χ2n) is 6.67. The van der Waals surface area contributed by atoms with Gasteiger partial charge < -0.3 is 9.47 Å². The molecule has 0 spiro atoms. The fourth-order valence-corrected chi connectivity index (χ4v) is 3.79. The van der Waals surface area contributed by atoms with E-state index in [9.17, 15) is 4.79 Å². The lowest BCUT2D eigenvalue weighted by Crippen LogP contribution is -2.34. The summed E-state index contributed by atoms with van der Waals surface area (Å²) < 4.78 is 2.24. The summed E-state index contributed by atoms with van der Waals surface area (Å²) in [6.07, 6.45) is 3.12. The largest absolute Gasteiger partial charge is 0.336 e. The maximum Gasteiger partial charge on any atom is 0.253 e. The van der Waals surface area contributed by atoms with Gasteiger partial charge in [-0.2, -0.15) is 0 Å². The number of benzene rings is 1. The molecular weight excluding hydrogens is 302 g/mol. The summed E-state index contributed by atoms with van der Waals surface area (Å²) in [6.45, 7) is 3.31. The van der Waals surface area contributed by atoms with E-state index < -0.39 is 0 Å². The summed E-state index contributed by atoms with van der Waals surface area (Å²) >= 11 is 0. The van der Waals surface area contributed by atoms with E-state index in [-0.39, 0.29) is 5.91 Å². The Hall–Kier alpha value is -2.21. The van der Waals surface area contributed by atoms with Gasteiger partial charge in [-0.1, -0.05) is 18.2 Å². The van der Waals surface area contributed by atoms with E-state index in [0.29, 0.717) is 19.1 Å². The highest BCUT2D eigenvalue weighted by atomic mass is 16.2. The summed E-state index contributed by atoms with van der Waals surface area (Å²) in [6, 6.07) is 9.88. The molecule has 2 aromatic rings. The number of nitrogens with zero attached hydrogens (tertiary/aromatic N) is 5. The average Bonchev–Trinajstić information content (AvgIpc) is 3.15. The van der Waals surface area contributed by atoms with Gasteiger partial charge >= 0.3 is 0 Å². The highest BCUT2D eigenvalue weighted by Crippen LogP contribution is 2.30. The third-order valence-electron chi connectivity index (χ3n) is 5.18. The van der Waals surface area contributed by atoms with E-state index in [2.05, 4.69) is 26.7 Å². The van der Waals surface area contributed by atoms with Crippen molar-refractivity contribution in [2.45, 2.75) is 31.8 Å². The first-order valence-electron chi connectivity index (χ1n) is 8.70. The number of likely N-dealkylation sites (tertiary alicyclic amines) is 1. The lowest BCUT2D eigenvalue weighted by atomic mass is 10.2. The van der Waals surface area contributed by atoms with Gasteiger partial charge in [-0.25, -0.2) is 0 Å². The number of aromatic nitrogens is 3. The molecule has 1 atom stereocenters. The van der Waals surface area contributed by atoms with Crippen LogP contribution in [-0.4, -0.2) is 57.2 Å². The zero-order chi connectivity index (χ0) is 16.5. The van der Waals surface area contributed by atoms with Crippen molar-refractivity contribution in [1.82, 2.24) is 24.6 Å². The third kappa shape index (κ3) is 2.71. The minimum atomic E-state index is 0.105. The number of hydrogen-bond acceptors (Lipinski definition) is 4. The molecule has 6 nitrogen and oxygen atoms in total. The van der Waals surface area contributed by atoms with Gasteiger partial charge in [0.1, 0.15) is 11.6 Å². The zero-order valence-electron chi connectivity index (χ0n) is 14.1. The molecule has 1 aromatic heterocycles. The molecule has 1 saturated heterocycles. The van der Waals surface area contributed by atoms with Gasteiger partial charge in [0.05, 0.1) is 6.04 Å². The summed E-state index contributed by atoms with van der Waals surface area (Å²) in [7, 11) is 2.15. The minimum Gasteiger partial charge on any atom is -0.336 e. The standard InChI is InChI=1S/C18H23N5O/c1-21-10-5-8-15(21)17-20-19-16-9-11-22(12-13-23(16)17)18(24)14-6-3-2-4-7-14/h2-4,6-7,15H,5,8-13H2,1H3/t15-/m0/s1. The highest BCUT2D eigenvalue weighted by Gasteiger charge is 2.30. The molecule has 6 heteroatoms. The molecule has 2 aliphatic rings. The molecule has 126 valence electrons. The SMILES string of the molecule is CN1CCC[C@H]1c1nnc2n1CCN(C(=O)c1ccccc1)CC2. The first-order valence-corrected chi connectivity index (χ1v) is 8.70. The van der Waals surface area contributed by atoms with E-state index in [1.807, 2.05) is 35.2 Å². The molecular formula is C18H23N5O. The Kier molecular flexibility index (Phi) is 4.06. The molecule has 0 aliphatic carbocycles. The Balaban J connectivity index is 1.52. The van der Waals surface area contributed by atoms with Crippen LogP contribution >= 0.6 is 0 Å². The first-order chi connectivity index (χ1) is 11.7. The van der Waals surface area contributed by atoms with Gasteiger partial charge in [-0.05, 0) is 38.6 Å². The van der Waals surface area contributed by atoms with Crippen LogP contribution in [0.5, 0.6) is 0 Å². The monoisotopic (exact) mass is 325 g/mol. The van der Waals surface area contributed by atoms with E-state index in [1.165, 1.54) is 6.42 Å². The lowest BCUT2D eigenvalue weighted by Gasteiger charge is -2.21. The van der Waals surface area contributed by atoms with Crippen LogP contribution in [0.2, 0.25) is 0 Å². The maximum atomic E-state index is 12.7. The number of amides is 1. The van der Waals surface area contributed by atoms with Crippen LogP contribution in [0, 0.1) is 0 Å². The van der Waals surface area contributed by atoms with Gasteiger partial charge in [-0.15, -0.1) is 10.2 Å². The van der Waals surface area contributed by atoms with Gasteiger partial charge in [0.25, 0.3) is 5.91 Å². The number of fused-ring (bicyclic) bond motifs is 1. The second kappa shape index (κ2) is 6.36. The van der Waals surface area contributed by atoms with Crippen LogP contribution in [0.15, 0.2) is 30.3 Å². The molecule has 1 amide bonds. The van der Waals surface area contributed by atoms with Gasteiger partial charge in [0, 0.05) is 31.6 Å². The summed E-state index contributed by atoms with van der Waals surface area (Å²) in [5.74, 6) is 2.18. The normalized spacial score (nSPS) is 21.5. The van der Waals surface area contributed by atoms with Crippen molar-refractivity contribution in [2.75, 3.05) is 26.7 Å². The Bertz CT molecular complexity index is 726. The number of carbonyl (C=O) groups excluding carboxylic acids is 1. The fourth-order valence-electron chi connectivity index (χ4n) is 3.79. The maximum absolute atomic E-state index is 12.7. The third-order valence-corrected chi connectivity index (χ3v) is 5.18. The molecule has 0 saturated carbocycles. The molecule has 1 aromatic carbocycles. The number of hydrogen-bond donors (Lipinski definition) is 0. The van der Waals surface area contributed by atoms with Gasteiger partial charge in [0.2, 0.25) is 0 Å². The highest BCUT2D eigenvalue weighted by molar-refractivity contribution is 5.94. The van der Waals surface area contributed by atoms with E-state index in [1.54, 1.807) is 0 Å². The molecule has 0 bridgehead atoms. The predicted molar refractivity (Wildman–Crippen MR) is 90.7 cm³/mol. The van der Waals surface area contributed by atoms with E-state index in [4.69, 9.17) is 0 Å². The van der Waals surface area contributed by atoms with Crippen molar-refractivity contribution in [3.8, 4) is 0 Å². The molecule has 24 heavy (non-hydrogen) atoms. The van der Waals surface area contributed by atoms with Crippen LogP contribution in [0.3, 0.4) is 0 Å². The minimum absolute atomic E-state index is 0.105. The predicted octanol–water partition coefficient (Wildman–Crippen LogP) is 1.74. The second-order valence-corrected chi connectivity index (χ2v) is 6.67. The Labute approximate surface area is 142 Å². The summed E-state index contributed by atoms with van der Waals surface area (Å²) in [4.78, 5) is 17.0. The van der Waals surface area contributed by atoms with Crippen LogP contribution in [0.1, 0.15) is 40.9 Å². The quantitative estimate of drug-likeness (QED) is 0.844. The van der Waals surface area contributed by atoms with E-state index >= 15 is 0 Å². The Morgan fingerprint density at radius 3 is 2.67 bits per heavy atom. The number of rotatable bonds is 2. The zero-order valence-corrected chi connectivity index (χ0v) is 14.1. The van der Waals surface area contributed by atoms with Crippen LogP contribution in [-0.2, 0) is 13.0 Å². The Morgan fingerprint density at radius 1 is 1.08 bits per heavy atom. The average molecular weight is 325 g/mol. The van der Waals surface area contributed by atoms with Crippen molar-refractivity contribution < 1.29 is 4.79 Å². The van der Waals surface area contributed by atoms with Crippen molar-refractivity contribution in [2.24, 2.45) is 0 Å². The van der Waals surface area contributed by atoms with Gasteiger partial charge in [0.15, 0.2) is 0 Å². The van der Waals surface area contributed by atoms with Crippen molar-refractivity contribution in [1.29, 1.82) is 0 Å². The molecule has 0 radical (unpaired) electrons. The first kappa shape index (κ1) is 15.3. The van der Waals surface area contributed by atoms with Gasteiger partial charge in [-0.3, -0.25) is 9.69 Å². The van der Waals surface area contributed by atoms with Crippen LogP contribution in [0.25, 0.3) is 0 Å². The number of carbonyl (C=O) groups is 1. The topological polar surface area (TPSA) is 54.3 Å². The molecule has 0 N–H and O–H groups in total. The van der Waals surface area contributed by atoms with E-state index in [0.717, 1.165) is 43.1 Å². The van der Waals surface area contributed by atoms with Crippen molar-refractivity contribution in [3.05, 3.63) is 47.5 Å². The lowest BCUT2D eigenvalue weighted by molar-refractivity contribution is 0.0758. The smallest absolute Gasteiger partial charge is 0.253 e. The molecule has 0 unspecified atom stereocenters. The van der Waals surface area contributed by atoms with Crippen molar-refractivity contribution >= 4 is 5.91 Å².